The number of aryl methyl sites for hydroxylation is 1. The van der Waals surface area contributed by atoms with Crippen molar-refractivity contribution in [2.24, 2.45) is 5.73 Å². The van der Waals surface area contributed by atoms with E-state index in [2.05, 4.69) is 0 Å². The average molecular weight is 210 g/mol. The van der Waals surface area contributed by atoms with Crippen molar-refractivity contribution in [3.63, 3.8) is 0 Å². The highest BCUT2D eigenvalue weighted by Gasteiger charge is 2.12. The Morgan fingerprint density at radius 1 is 1.67 bits per heavy atom. The molecule has 1 aromatic rings. The molecule has 1 aromatic heterocycles. The van der Waals surface area contributed by atoms with Crippen LogP contribution in [0, 0.1) is 6.92 Å². The summed E-state index contributed by atoms with van der Waals surface area (Å²) in [6, 6.07) is 1.79. The van der Waals surface area contributed by atoms with Gasteiger partial charge in [0, 0.05) is 31.6 Å². The minimum atomic E-state index is -0.0922. The van der Waals surface area contributed by atoms with Crippen molar-refractivity contribution in [2.45, 2.75) is 32.9 Å². The first-order valence-electron chi connectivity index (χ1n) is 5.03. The fourth-order valence-corrected chi connectivity index (χ4v) is 1.35. The number of carbonyl (C=O) groups excluding carboxylic acids is 1. The third kappa shape index (κ3) is 3.40. The van der Waals surface area contributed by atoms with Gasteiger partial charge in [0.05, 0.1) is 6.26 Å². The molecule has 1 unspecified atom stereocenters. The molecule has 15 heavy (non-hydrogen) atoms. The van der Waals surface area contributed by atoms with E-state index < -0.39 is 0 Å². The quantitative estimate of drug-likeness (QED) is 0.814. The summed E-state index contributed by atoms with van der Waals surface area (Å²) in [4.78, 5) is 13.3. The summed E-state index contributed by atoms with van der Waals surface area (Å²) in [5, 5.41) is 0. The smallest absolute Gasteiger partial charge is 0.224 e. The zero-order valence-electron chi connectivity index (χ0n) is 9.49. The van der Waals surface area contributed by atoms with Gasteiger partial charge in [-0.3, -0.25) is 4.79 Å². The summed E-state index contributed by atoms with van der Waals surface area (Å²) < 4.78 is 5.16. The van der Waals surface area contributed by atoms with Crippen LogP contribution in [0.25, 0.3) is 0 Å². The summed E-state index contributed by atoms with van der Waals surface area (Å²) in [5.41, 5.74) is 6.61. The number of rotatable bonds is 4. The van der Waals surface area contributed by atoms with Crippen molar-refractivity contribution >= 4 is 5.91 Å². The van der Waals surface area contributed by atoms with Crippen LogP contribution in [0.4, 0.5) is 0 Å². The maximum absolute atomic E-state index is 11.6. The van der Waals surface area contributed by atoms with E-state index in [-0.39, 0.29) is 11.9 Å². The van der Waals surface area contributed by atoms with Gasteiger partial charge >= 0.3 is 0 Å². The van der Waals surface area contributed by atoms with Crippen molar-refractivity contribution in [3.8, 4) is 0 Å². The zero-order chi connectivity index (χ0) is 11.4. The van der Waals surface area contributed by atoms with E-state index in [4.69, 9.17) is 10.2 Å². The lowest BCUT2D eigenvalue weighted by molar-refractivity contribution is -0.130. The summed E-state index contributed by atoms with van der Waals surface area (Å²) in [6.45, 7) is 4.29. The third-order valence-corrected chi connectivity index (χ3v) is 2.30. The Morgan fingerprint density at radius 2 is 2.33 bits per heavy atom. The van der Waals surface area contributed by atoms with Crippen molar-refractivity contribution in [2.75, 3.05) is 7.05 Å². The predicted molar refractivity (Wildman–Crippen MR) is 58.2 cm³/mol. The monoisotopic (exact) mass is 210 g/mol. The van der Waals surface area contributed by atoms with E-state index in [0.29, 0.717) is 13.0 Å². The molecular weight excluding hydrogens is 192 g/mol. The number of hydrogen-bond donors (Lipinski definition) is 1. The molecule has 0 saturated carbocycles. The van der Waals surface area contributed by atoms with Crippen molar-refractivity contribution in [1.82, 2.24) is 4.90 Å². The van der Waals surface area contributed by atoms with Crippen LogP contribution < -0.4 is 5.73 Å². The second-order valence-corrected chi connectivity index (χ2v) is 3.93. The van der Waals surface area contributed by atoms with Gasteiger partial charge in [0.2, 0.25) is 5.91 Å². The van der Waals surface area contributed by atoms with Gasteiger partial charge in [0.25, 0.3) is 0 Å². The molecule has 1 rings (SSSR count). The van der Waals surface area contributed by atoms with Gasteiger partial charge in [0.15, 0.2) is 0 Å². The largest absolute Gasteiger partial charge is 0.469 e. The SMILES string of the molecule is Cc1occc1CN(C)C(=O)CC(C)N. The minimum absolute atomic E-state index is 0.0607. The second-order valence-electron chi connectivity index (χ2n) is 3.93. The molecule has 0 saturated heterocycles. The molecule has 0 spiro atoms. The van der Waals surface area contributed by atoms with Gasteiger partial charge in [-0.2, -0.15) is 0 Å². The van der Waals surface area contributed by atoms with E-state index >= 15 is 0 Å². The Labute approximate surface area is 90.0 Å². The molecule has 4 nitrogen and oxygen atoms in total. The molecule has 84 valence electrons. The maximum atomic E-state index is 11.6. The lowest BCUT2D eigenvalue weighted by atomic mass is 10.2. The Bertz CT molecular complexity index is 331. The number of furan rings is 1. The van der Waals surface area contributed by atoms with Crippen LogP contribution >= 0.6 is 0 Å². The molecule has 1 amide bonds. The predicted octanol–water partition coefficient (Wildman–Crippen LogP) is 1.28. The number of hydrogen-bond acceptors (Lipinski definition) is 3. The van der Waals surface area contributed by atoms with Crippen molar-refractivity contribution < 1.29 is 9.21 Å². The van der Waals surface area contributed by atoms with Crippen molar-refractivity contribution in [3.05, 3.63) is 23.7 Å². The number of nitrogens with zero attached hydrogens (tertiary/aromatic N) is 1. The summed E-state index contributed by atoms with van der Waals surface area (Å²) in [7, 11) is 1.77. The highest BCUT2D eigenvalue weighted by Crippen LogP contribution is 2.11. The fraction of sp³-hybridized carbons (Fsp3) is 0.545. The van der Waals surface area contributed by atoms with Crippen LogP contribution in [-0.4, -0.2) is 23.9 Å². The Morgan fingerprint density at radius 3 is 2.80 bits per heavy atom. The number of carbonyl (C=O) groups is 1. The summed E-state index contributed by atoms with van der Waals surface area (Å²) in [6.07, 6.45) is 2.02. The standard InChI is InChI=1S/C11H18N2O2/c1-8(12)6-11(14)13(3)7-10-4-5-15-9(10)2/h4-5,8H,6-7,12H2,1-3H3. The first-order valence-corrected chi connectivity index (χ1v) is 5.03. The van der Waals surface area contributed by atoms with Crippen LogP contribution in [0.5, 0.6) is 0 Å². The molecule has 0 fully saturated rings. The maximum Gasteiger partial charge on any atom is 0.224 e. The highest BCUT2D eigenvalue weighted by molar-refractivity contribution is 5.76. The van der Waals surface area contributed by atoms with Gasteiger partial charge in [-0.15, -0.1) is 0 Å². The van der Waals surface area contributed by atoms with E-state index in [1.807, 2.05) is 19.9 Å². The molecule has 0 aromatic carbocycles. The molecular formula is C11H18N2O2. The van der Waals surface area contributed by atoms with E-state index in [9.17, 15) is 4.79 Å². The number of nitrogens with two attached hydrogens (primary N) is 1. The Balaban J connectivity index is 2.52. The zero-order valence-corrected chi connectivity index (χ0v) is 9.49. The lowest BCUT2D eigenvalue weighted by Crippen LogP contribution is -2.31. The number of amides is 1. The van der Waals surface area contributed by atoms with Crippen LogP contribution in [0.2, 0.25) is 0 Å². The first-order chi connectivity index (χ1) is 7.00. The molecule has 0 aliphatic carbocycles. The van der Waals surface area contributed by atoms with Crippen molar-refractivity contribution in [1.29, 1.82) is 0 Å². The van der Waals surface area contributed by atoms with Crippen LogP contribution in [-0.2, 0) is 11.3 Å². The fourth-order valence-electron chi connectivity index (χ4n) is 1.35. The molecule has 4 heteroatoms. The Hall–Kier alpha value is -1.29. The molecule has 0 aliphatic rings. The van der Waals surface area contributed by atoms with E-state index in [1.165, 1.54) is 0 Å². The Kier molecular flexibility index (Phi) is 3.91. The molecule has 2 N–H and O–H groups in total. The molecule has 1 atom stereocenters. The molecule has 1 heterocycles. The first kappa shape index (κ1) is 11.8. The van der Waals surface area contributed by atoms with Gasteiger partial charge < -0.3 is 15.1 Å². The summed E-state index contributed by atoms with van der Waals surface area (Å²) in [5.74, 6) is 0.918. The van der Waals surface area contributed by atoms with Gasteiger partial charge in [-0.25, -0.2) is 0 Å². The average Bonchev–Trinajstić information content (AvgIpc) is 2.50. The molecule has 0 aliphatic heterocycles. The van der Waals surface area contributed by atoms with Crippen LogP contribution in [0.1, 0.15) is 24.7 Å². The van der Waals surface area contributed by atoms with Gasteiger partial charge in [-0.05, 0) is 19.9 Å². The highest BCUT2D eigenvalue weighted by atomic mass is 16.3. The molecule has 0 bridgehead atoms. The topological polar surface area (TPSA) is 59.5 Å². The van der Waals surface area contributed by atoms with Gasteiger partial charge in [-0.1, -0.05) is 0 Å². The lowest BCUT2D eigenvalue weighted by Gasteiger charge is -2.17. The van der Waals surface area contributed by atoms with E-state index in [0.717, 1.165) is 11.3 Å². The second kappa shape index (κ2) is 4.98. The van der Waals surface area contributed by atoms with Gasteiger partial charge in [0.1, 0.15) is 5.76 Å². The third-order valence-electron chi connectivity index (χ3n) is 2.30. The normalized spacial score (nSPS) is 12.5. The summed E-state index contributed by atoms with van der Waals surface area (Å²) >= 11 is 0. The van der Waals surface area contributed by atoms with E-state index in [1.54, 1.807) is 18.2 Å². The molecule has 0 radical (unpaired) electrons. The van der Waals surface area contributed by atoms with Crippen LogP contribution in [0.3, 0.4) is 0 Å². The van der Waals surface area contributed by atoms with Crippen LogP contribution in [0.15, 0.2) is 16.7 Å². The minimum Gasteiger partial charge on any atom is -0.469 e.